The minimum absolute atomic E-state index is 0. The SMILES string of the molecule is CCn1cccc1C(=NOCCN1CCC[C@@H](C(=O)O)C1)c1ccccc1.Cl. The lowest BCUT2D eigenvalue weighted by molar-refractivity contribution is -0.143. The molecule has 7 heteroatoms. The van der Waals surface area contributed by atoms with Gasteiger partial charge in [-0.25, -0.2) is 0 Å². The summed E-state index contributed by atoms with van der Waals surface area (Å²) in [5, 5.41) is 13.6. The molecular formula is C21H28ClN3O3. The third-order valence-corrected chi connectivity index (χ3v) is 4.97. The third-order valence-electron chi connectivity index (χ3n) is 4.97. The van der Waals surface area contributed by atoms with Crippen LogP contribution in [0.5, 0.6) is 0 Å². The van der Waals surface area contributed by atoms with Crippen LogP contribution in [0.1, 0.15) is 31.0 Å². The number of aromatic nitrogens is 1. The van der Waals surface area contributed by atoms with Gasteiger partial charge in [0.2, 0.25) is 0 Å². The van der Waals surface area contributed by atoms with Gasteiger partial charge in [0.15, 0.2) is 0 Å². The number of aryl methyl sites for hydroxylation is 1. The second kappa shape index (κ2) is 10.9. The molecule has 1 aromatic carbocycles. The lowest BCUT2D eigenvalue weighted by Crippen LogP contribution is -2.40. The van der Waals surface area contributed by atoms with Gasteiger partial charge >= 0.3 is 5.97 Å². The van der Waals surface area contributed by atoms with E-state index in [0.29, 0.717) is 19.7 Å². The van der Waals surface area contributed by atoms with E-state index >= 15 is 0 Å². The second-order valence-electron chi connectivity index (χ2n) is 6.80. The van der Waals surface area contributed by atoms with Crippen LogP contribution in [0.4, 0.5) is 0 Å². The van der Waals surface area contributed by atoms with E-state index in [1.165, 1.54) is 0 Å². The summed E-state index contributed by atoms with van der Waals surface area (Å²) in [7, 11) is 0. The first kappa shape index (κ1) is 22.0. The first-order valence-corrected chi connectivity index (χ1v) is 9.55. The number of benzene rings is 1. The first-order valence-electron chi connectivity index (χ1n) is 9.55. The Bertz CT molecular complexity index is 776. The van der Waals surface area contributed by atoms with Crippen molar-refractivity contribution in [2.45, 2.75) is 26.3 Å². The first-order chi connectivity index (χ1) is 13.2. The van der Waals surface area contributed by atoms with Crippen LogP contribution in [0.15, 0.2) is 53.8 Å². The zero-order valence-corrected chi connectivity index (χ0v) is 17.0. The number of rotatable bonds is 8. The Kier molecular flexibility index (Phi) is 8.54. The Morgan fingerprint density at radius 2 is 2.04 bits per heavy atom. The number of nitrogens with zero attached hydrogens (tertiary/aromatic N) is 3. The molecule has 0 spiro atoms. The molecule has 3 rings (SSSR count). The summed E-state index contributed by atoms with van der Waals surface area (Å²) in [6.45, 7) is 5.59. The molecule has 152 valence electrons. The minimum atomic E-state index is -0.703. The molecule has 0 aliphatic carbocycles. The highest BCUT2D eigenvalue weighted by Gasteiger charge is 2.25. The van der Waals surface area contributed by atoms with Crippen LogP contribution < -0.4 is 0 Å². The predicted octanol–water partition coefficient (Wildman–Crippen LogP) is 3.50. The van der Waals surface area contributed by atoms with Gasteiger partial charge in [0.1, 0.15) is 12.3 Å². The summed E-state index contributed by atoms with van der Waals surface area (Å²) >= 11 is 0. The van der Waals surface area contributed by atoms with Crippen molar-refractivity contribution in [2.75, 3.05) is 26.2 Å². The molecule has 1 saturated heterocycles. The Balaban J connectivity index is 0.00000280. The number of carboxylic acid groups (broad SMARTS) is 1. The second-order valence-corrected chi connectivity index (χ2v) is 6.80. The number of piperidine rings is 1. The topological polar surface area (TPSA) is 67.1 Å². The summed E-state index contributed by atoms with van der Waals surface area (Å²) < 4.78 is 2.14. The molecule has 28 heavy (non-hydrogen) atoms. The Morgan fingerprint density at radius 1 is 1.25 bits per heavy atom. The van der Waals surface area contributed by atoms with E-state index in [4.69, 9.17) is 4.84 Å². The van der Waals surface area contributed by atoms with Crippen molar-refractivity contribution in [2.24, 2.45) is 11.1 Å². The van der Waals surface area contributed by atoms with E-state index in [-0.39, 0.29) is 18.3 Å². The maximum atomic E-state index is 11.2. The summed E-state index contributed by atoms with van der Waals surface area (Å²) in [6, 6.07) is 14.1. The highest BCUT2D eigenvalue weighted by atomic mass is 35.5. The molecule has 2 aromatic rings. The fraction of sp³-hybridized carbons (Fsp3) is 0.429. The van der Waals surface area contributed by atoms with Crippen molar-refractivity contribution in [3.05, 3.63) is 59.9 Å². The van der Waals surface area contributed by atoms with Gasteiger partial charge in [-0.1, -0.05) is 35.5 Å². The molecule has 1 atom stereocenters. The number of hydrogen-bond acceptors (Lipinski definition) is 4. The smallest absolute Gasteiger partial charge is 0.307 e. The van der Waals surface area contributed by atoms with Crippen LogP contribution in [0.2, 0.25) is 0 Å². The molecule has 1 fully saturated rings. The van der Waals surface area contributed by atoms with Gasteiger partial charge in [0.25, 0.3) is 0 Å². The maximum absolute atomic E-state index is 11.2. The van der Waals surface area contributed by atoms with Gasteiger partial charge < -0.3 is 14.5 Å². The van der Waals surface area contributed by atoms with Crippen LogP contribution in [0.25, 0.3) is 0 Å². The highest BCUT2D eigenvalue weighted by molar-refractivity contribution is 6.11. The van der Waals surface area contributed by atoms with E-state index in [0.717, 1.165) is 42.9 Å². The van der Waals surface area contributed by atoms with Gasteiger partial charge in [-0.05, 0) is 38.4 Å². The molecule has 1 N–H and O–H groups in total. The number of hydrogen-bond donors (Lipinski definition) is 1. The van der Waals surface area contributed by atoms with Crippen LogP contribution in [-0.2, 0) is 16.2 Å². The van der Waals surface area contributed by atoms with Crippen molar-refractivity contribution in [1.82, 2.24) is 9.47 Å². The fourth-order valence-corrected chi connectivity index (χ4v) is 3.49. The summed E-state index contributed by atoms with van der Waals surface area (Å²) in [5.74, 6) is -0.972. The number of aliphatic carboxylic acids is 1. The van der Waals surface area contributed by atoms with Crippen LogP contribution >= 0.6 is 12.4 Å². The zero-order valence-electron chi connectivity index (χ0n) is 16.2. The van der Waals surface area contributed by atoms with E-state index < -0.39 is 5.97 Å². The van der Waals surface area contributed by atoms with Crippen molar-refractivity contribution >= 4 is 24.1 Å². The zero-order chi connectivity index (χ0) is 19.1. The van der Waals surface area contributed by atoms with Crippen LogP contribution in [-0.4, -0.2) is 52.5 Å². The molecule has 0 radical (unpaired) electrons. The molecular weight excluding hydrogens is 378 g/mol. The average Bonchev–Trinajstić information content (AvgIpc) is 3.17. The van der Waals surface area contributed by atoms with Crippen molar-refractivity contribution < 1.29 is 14.7 Å². The minimum Gasteiger partial charge on any atom is -0.481 e. The quantitative estimate of drug-likeness (QED) is 0.414. The van der Waals surface area contributed by atoms with Gasteiger partial charge in [0.05, 0.1) is 11.6 Å². The Morgan fingerprint density at radius 3 is 2.75 bits per heavy atom. The fourth-order valence-electron chi connectivity index (χ4n) is 3.49. The largest absolute Gasteiger partial charge is 0.481 e. The molecule has 1 aromatic heterocycles. The lowest BCUT2D eigenvalue weighted by atomic mass is 9.98. The highest BCUT2D eigenvalue weighted by Crippen LogP contribution is 2.16. The van der Waals surface area contributed by atoms with E-state index in [1.807, 2.05) is 48.7 Å². The van der Waals surface area contributed by atoms with Crippen molar-refractivity contribution in [3.8, 4) is 0 Å². The predicted molar refractivity (Wildman–Crippen MR) is 112 cm³/mol. The maximum Gasteiger partial charge on any atom is 0.307 e. The molecule has 0 amide bonds. The van der Waals surface area contributed by atoms with E-state index in [1.54, 1.807) is 0 Å². The molecule has 1 aliphatic rings. The number of halogens is 1. The Hall–Kier alpha value is -2.31. The van der Waals surface area contributed by atoms with Crippen molar-refractivity contribution in [3.63, 3.8) is 0 Å². The molecule has 2 heterocycles. The summed E-state index contributed by atoms with van der Waals surface area (Å²) in [6.07, 6.45) is 3.71. The van der Waals surface area contributed by atoms with E-state index in [2.05, 4.69) is 21.5 Å². The van der Waals surface area contributed by atoms with Crippen LogP contribution in [0.3, 0.4) is 0 Å². The average molecular weight is 406 g/mol. The van der Waals surface area contributed by atoms with Gasteiger partial charge in [-0.3, -0.25) is 9.69 Å². The molecule has 0 bridgehead atoms. The third kappa shape index (κ3) is 5.59. The van der Waals surface area contributed by atoms with Gasteiger partial charge in [0, 0.05) is 31.4 Å². The molecule has 0 unspecified atom stereocenters. The summed E-state index contributed by atoms with van der Waals surface area (Å²) in [4.78, 5) is 19.0. The number of likely N-dealkylation sites (tertiary alicyclic amines) is 1. The lowest BCUT2D eigenvalue weighted by Gasteiger charge is -2.29. The molecule has 6 nitrogen and oxygen atoms in total. The van der Waals surface area contributed by atoms with Crippen LogP contribution in [0, 0.1) is 5.92 Å². The normalized spacial score (nSPS) is 17.8. The number of oxime groups is 1. The number of carbonyl (C=O) groups is 1. The van der Waals surface area contributed by atoms with E-state index in [9.17, 15) is 9.90 Å². The Labute approximate surface area is 172 Å². The van der Waals surface area contributed by atoms with Gasteiger partial charge in [-0.15, -0.1) is 12.4 Å². The molecule has 0 saturated carbocycles. The number of carboxylic acids is 1. The van der Waals surface area contributed by atoms with Gasteiger partial charge in [-0.2, -0.15) is 0 Å². The summed E-state index contributed by atoms with van der Waals surface area (Å²) in [5.41, 5.74) is 2.84. The van der Waals surface area contributed by atoms with Crippen molar-refractivity contribution in [1.29, 1.82) is 0 Å². The standard InChI is InChI=1S/C21H27N3O3.ClH/c1-2-24-13-7-11-19(24)20(17-8-4-3-5-9-17)22-27-15-14-23-12-6-10-18(16-23)21(25)26;/h3-5,7-9,11,13,18H,2,6,10,12,14-16H2,1H3,(H,25,26);1H/t18-;/m1./s1. The molecule has 1 aliphatic heterocycles. The monoisotopic (exact) mass is 405 g/mol.